The molecule has 0 bridgehead atoms. The van der Waals surface area contributed by atoms with Crippen molar-refractivity contribution in [3.8, 4) is 0 Å². The van der Waals surface area contributed by atoms with Crippen LogP contribution in [0.4, 0.5) is 11.6 Å². The van der Waals surface area contributed by atoms with E-state index in [0.29, 0.717) is 23.4 Å². The zero-order valence-corrected chi connectivity index (χ0v) is 16.4. The van der Waals surface area contributed by atoms with E-state index >= 15 is 0 Å². The molecule has 1 aromatic carbocycles. The lowest BCUT2D eigenvalue weighted by atomic mass is 10.2. The van der Waals surface area contributed by atoms with Gasteiger partial charge in [0.1, 0.15) is 5.76 Å². The SMILES string of the molecule is CN(C)c1ccc(/C=N\Nc2nc(SCC(=O)NCc3ccco3)n[nH]2)cc1. The van der Waals surface area contributed by atoms with Gasteiger partial charge in [0.05, 0.1) is 24.8 Å². The highest BCUT2D eigenvalue weighted by Crippen LogP contribution is 2.14. The molecule has 3 rings (SSSR count). The van der Waals surface area contributed by atoms with Crippen LogP contribution in [0.15, 0.2) is 57.3 Å². The number of amides is 1. The van der Waals surface area contributed by atoms with Crippen LogP contribution in [0.25, 0.3) is 0 Å². The Morgan fingerprint density at radius 3 is 2.86 bits per heavy atom. The molecule has 0 atom stereocenters. The average molecular weight is 399 g/mol. The van der Waals surface area contributed by atoms with Gasteiger partial charge in [0.2, 0.25) is 17.0 Å². The summed E-state index contributed by atoms with van der Waals surface area (Å²) in [5.41, 5.74) is 4.87. The minimum Gasteiger partial charge on any atom is -0.467 e. The molecule has 0 fully saturated rings. The van der Waals surface area contributed by atoms with Crippen molar-refractivity contribution in [2.75, 3.05) is 30.2 Å². The summed E-state index contributed by atoms with van der Waals surface area (Å²) < 4.78 is 5.16. The second-order valence-corrected chi connectivity index (χ2v) is 6.91. The number of H-pyrrole nitrogens is 1. The number of carbonyl (C=O) groups excluding carboxylic acids is 1. The first-order chi connectivity index (χ1) is 13.6. The summed E-state index contributed by atoms with van der Waals surface area (Å²) in [4.78, 5) is 18.1. The molecule has 2 heterocycles. The van der Waals surface area contributed by atoms with Gasteiger partial charge in [0.15, 0.2) is 0 Å². The Morgan fingerprint density at radius 1 is 1.32 bits per heavy atom. The number of aromatic amines is 1. The van der Waals surface area contributed by atoms with Gasteiger partial charge in [-0.25, -0.2) is 10.5 Å². The number of furan rings is 1. The molecule has 2 aromatic heterocycles. The number of carbonyl (C=O) groups is 1. The van der Waals surface area contributed by atoms with Gasteiger partial charge in [0.25, 0.3) is 0 Å². The van der Waals surface area contributed by atoms with Crippen LogP contribution in [0, 0.1) is 0 Å². The standard InChI is InChI=1S/C18H21N7O2S/c1-25(2)14-7-5-13(6-8-14)10-20-22-17-21-18(24-23-17)28-12-16(26)19-11-15-4-3-9-27-15/h3-10H,11-12H2,1-2H3,(H,19,26)(H2,21,22,23,24)/b20-10-. The molecule has 146 valence electrons. The first kappa shape index (κ1) is 19.5. The molecule has 1 amide bonds. The lowest BCUT2D eigenvalue weighted by Gasteiger charge is -2.11. The fourth-order valence-corrected chi connectivity index (χ4v) is 2.80. The molecule has 9 nitrogen and oxygen atoms in total. The normalized spacial score (nSPS) is 10.9. The van der Waals surface area contributed by atoms with Crippen LogP contribution in [0.5, 0.6) is 0 Å². The number of anilines is 2. The zero-order chi connectivity index (χ0) is 19.8. The van der Waals surface area contributed by atoms with Gasteiger partial charge in [-0.3, -0.25) is 4.79 Å². The van der Waals surface area contributed by atoms with Crippen molar-refractivity contribution >= 4 is 35.5 Å². The lowest BCUT2D eigenvalue weighted by Crippen LogP contribution is -2.24. The summed E-state index contributed by atoms with van der Waals surface area (Å²) in [5.74, 6) is 1.19. The highest BCUT2D eigenvalue weighted by atomic mass is 32.2. The highest BCUT2D eigenvalue weighted by Gasteiger charge is 2.08. The Bertz CT molecular complexity index is 904. The predicted octanol–water partition coefficient (Wildman–Crippen LogP) is 2.32. The predicted molar refractivity (Wildman–Crippen MR) is 110 cm³/mol. The number of benzene rings is 1. The van der Waals surface area contributed by atoms with Crippen molar-refractivity contribution in [3.05, 3.63) is 54.0 Å². The molecule has 0 saturated carbocycles. The van der Waals surface area contributed by atoms with Gasteiger partial charge < -0.3 is 14.6 Å². The van der Waals surface area contributed by atoms with E-state index in [1.54, 1.807) is 24.6 Å². The van der Waals surface area contributed by atoms with Crippen molar-refractivity contribution in [1.82, 2.24) is 20.5 Å². The topological polar surface area (TPSA) is 111 Å². The fraction of sp³-hybridized carbons (Fsp3) is 0.222. The van der Waals surface area contributed by atoms with Crippen molar-refractivity contribution in [1.29, 1.82) is 0 Å². The number of nitrogens with zero attached hydrogens (tertiary/aromatic N) is 4. The number of nitrogens with one attached hydrogen (secondary N) is 3. The third-order valence-electron chi connectivity index (χ3n) is 3.63. The third-order valence-corrected chi connectivity index (χ3v) is 4.48. The van der Waals surface area contributed by atoms with E-state index in [4.69, 9.17) is 4.42 Å². The first-order valence-corrected chi connectivity index (χ1v) is 9.49. The number of rotatable bonds is 9. The van der Waals surface area contributed by atoms with Crippen LogP contribution in [0.1, 0.15) is 11.3 Å². The van der Waals surface area contributed by atoms with E-state index in [2.05, 4.69) is 31.0 Å². The molecular weight excluding hydrogens is 378 g/mol. The Morgan fingerprint density at radius 2 is 2.14 bits per heavy atom. The summed E-state index contributed by atoms with van der Waals surface area (Å²) in [7, 11) is 3.99. The Hall–Kier alpha value is -3.27. The molecule has 10 heteroatoms. The van der Waals surface area contributed by atoms with E-state index in [-0.39, 0.29) is 11.7 Å². The molecule has 28 heavy (non-hydrogen) atoms. The molecule has 0 aliphatic carbocycles. The lowest BCUT2D eigenvalue weighted by molar-refractivity contribution is -0.118. The molecule has 0 saturated heterocycles. The maximum Gasteiger partial charge on any atom is 0.240 e. The minimum absolute atomic E-state index is 0.125. The molecule has 3 N–H and O–H groups in total. The first-order valence-electron chi connectivity index (χ1n) is 8.51. The smallest absolute Gasteiger partial charge is 0.240 e. The average Bonchev–Trinajstić information content (AvgIpc) is 3.37. The van der Waals surface area contributed by atoms with Gasteiger partial charge in [-0.2, -0.15) is 10.1 Å². The van der Waals surface area contributed by atoms with Crippen LogP contribution in [-0.4, -0.2) is 47.2 Å². The Kier molecular flexibility index (Phi) is 6.68. The maximum atomic E-state index is 11.8. The van der Waals surface area contributed by atoms with E-state index in [0.717, 1.165) is 11.3 Å². The van der Waals surface area contributed by atoms with Gasteiger partial charge in [0, 0.05) is 19.8 Å². The molecule has 3 aromatic rings. The zero-order valence-electron chi connectivity index (χ0n) is 15.5. The van der Waals surface area contributed by atoms with E-state index in [1.807, 2.05) is 43.3 Å². The molecule has 0 aliphatic heterocycles. The maximum absolute atomic E-state index is 11.8. The summed E-state index contributed by atoms with van der Waals surface area (Å²) >= 11 is 1.23. The van der Waals surface area contributed by atoms with Crippen molar-refractivity contribution < 1.29 is 9.21 Å². The number of hydrogen-bond acceptors (Lipinski definition) is 8. The summed E-state index contributed by atoms with van der Waals surface area (Å²) in [6, 6.07) is 11.6. The second kappa shape index (κ2) is 9.60. The van der Waals surface area contributed by atoms with Crippen LogP contribution in [0.3, 0.4) is 0 Å². The number of hydrazone groups is 1. The van der Waals surface area contributed by atoms with E-state index < -0.39 is 0 Å². The highest BCUT2D eigenvalue weighted by molar-refractivity contribution is 7.99. The van der Waals surface area contributed by atoms with Crippen molar-refractivity contribution in [2.45, 2.75) is 11.7 Å². The number of hydrogen-bond donors (Lipinski definition) is 3. The molecular formula is C18H21N7O2S. The van der Waals surface area contributed by atoms with Crippen molar-refractivity contribution in [2.24, 2.45) is 5.10 Å². The number of thioether (sulfide) groups is 1. The van der Waals surface area contributed by atoms with Gasteiger partial charge in [-0.1, -0.05) is 23.9 Å². The quantitative estimate of drug-likeness (QED) is 0.288. The van der Waals surface area contributed by atoms with Crippen molar-refractivity contribution in [3.63, 3.8) is 0 Å². The number of aromatic nitrogens is 3. The minimum atomic E-state index is -0.125. The van der Waals surface area contributed by atoms with Gasteiger partial charge >= 0.3 is 0 Å². The van der Waals surface area contributed by atoms with Gasteiger partial charge in [-0.05, 0) is 29.8 Å². The summed E-state index contributed by atoms with van der Waals surface area (Å²) in [6.07, 6.45) is 3.26. The molecule has 0 unspecified atom stereocenters. The summed E-state index contributed by atoms with van der Waals surface area (Å²) in [5, 5.41) is 14.1. The van der Waals surface area contributed by atoms with Crippen LogP contribution in [0.2, 0.25) is 0 Å². The van der Waals surface area contributed by atoms with Gasteiger partial charge in [-0.15, -0.1) is 5.10 Å². The van der Waals surface area contributed by atoms with Crippen LogP contribution in [-0.2, 0) is 11.3 Å². The monoisotopic (exact) mass is 399 g/mol. The summed E-state index contributed by atoms with van der Waals surface area (Å²) in [6.45, 7) is 0.359. The molecule has 0 spiro atoms. The molecule has 0 aliphatic rings. The van der Waals surface area contributed by atoms with E-state index in [9.17, 15) is 4.79 Å². The Labute approximate surface area is 166 Å². The largest absolute Gasteiger partial charge is 0.467 e. The second-order valence-electron chi connectivity index (χ2n) is 5.97. The Balaban J connectivity index is 1.41. The third kappa shape index (κ3) is 5.88. The molecule has 0 radical (unpaired) electrons. The fourth-order valence-electron chi connectivity index (χ4n) is 2.17. The van der Waals surface area contributed by atoms with Crippen LogP contribution >= 0.6 is 11.8 Å². The van der Waals surface area contributed by atoms with Crippen LogP contribution < -0.4 is 15.6 Å². The van der Waals surface area contributed by atoms with E-state index in [1.165, 1.54) is 11.8 Å².